The first kappa shape index (κ1) is 13.3. The minimum Gasteiger partial charge on any atom is -0.270 e. The Morgan fingerprint density at radius 2 is 2.00 bits per heavy atom. The number of imidazole rings is 1. The predicted molar refractivity (Wildman–Crippen MR) is 79.8 cm³/mol. The molecule has 0 atom stereocenters. The monoisotopic (exact) mass is 307 g/mol. The van der Waals surface area contributed by atoms with Gasteiger partial charge in [0, 0.05) is 17.3 Å². The summed E-state index contributed by atoms with van der Waals surface area (Å²) in [6.45, 7) is 3.72. The molecule has 3 nitrogen and oxygen atoms in total. The zero-order valence-corrected chi connectivity index (χ0v) is 12.5. The van der Waals surface area contributed by atoms with Gasteiger partial charge in [-0.05, 0) is 37.6 Å². The Kier molecular flexibility index (Phi) is 3.11. The van der Waals surface area contributed by atoms with Crippen molar-refractivity contribution in [3.63, 3.8) is 0 Å². The van der Waals surface area contributed by atoms with E-state index in [-0.39, 0.29) is 0 Å². The molecule has 0 spiro atoms. The van der Waals surface area contributed by atoms with Gasteiger partial charge in [0.25, 0.3) is 0 Å². The third-order valence-corrected chi connectivity index (χ3v) is 3.83. The topological polar surface area (TPSA) is 22.2 Å². The van der Waals surface area contributed by atoms with Gasteiger partial charge in [-0.15, -0.1) is 0 Å². The molecule has 0 fully saturated rings. The van der Waals surface area contributed by atoms with E-state index in [0.29, 0.717) is 15.4 Å². The number of hydrogen-bond acceptors (Lipinski definition) is 2. The molecule has 6 heteroatoms. The lowest BCUT2D eigenvalue weighted by atomic mass is 10.2. The van der Waals surface area contributed by atoms with Gasteiger partial charge < -0.3 is 0 Å². The lowest BCUT2D eigenvalue weighted by Gasteiger charge is -2.11. The van der Waals surface area contributed by atoms with Crippen LogP contribution in [0.2, 0.25) is 5.02 Å². The van der Waals surface area contributed by atoms with Crippen molar-refractivity contribution in [2.75, 3.05) is 0 Å². The molecule has 0 radical (unpaired) electrons. The summed E-state index contributed by atoms with van der Waals surface area (Å²) >= 11 is 11.3. The summed E-state index contributed by atoms with van der Waals surface area (Å²) < 4.78 is 17.4. The fourth-order valence-electron chi connectivity index (χ4n) is 2.15. The van der Waals surface area contributed by atoms with Crippen LogP contribution in [0.4, 0.5) is 4.39 Å². The molecule has 3 rings (SSSR count). The molecule has 3 aromatic rings. The van der Waals surface area contributed by atoms with Crippen LogP contribution in [-0.2, 0) is 0 Å². The first-order chi connectivity index (χ1) is 9.47. The van der Waals surface area contributed by atoms with Crippen molar-refractivity contribution in [2.45, 2.75) is 13.8 Å². The zero-order valence-electron chi connectivity index (χ0n) is 10.9. The second-order valence-corrected chi connectivity index (χ2v) is 5.45. The van der Waals surface area contributed by atoms with E-state index in [0.717, 1.165) is 16.9 Å². The van der Waals surface area contributed by atoms with Gasteiger partial charge in [-0.3, -0.25) is 8.97 Å². The van der Waals surface area contributed by atoms with Crippen LogP contribution >= 0.6 is 23.8 Å². The summed E-state index contributed by atoms with van der Waals surface area (Å²) in [6.07, 6.45) is 1.64. The smallest absolute Gasteiger partial charge is 0.222 e. The number of fused-ring (bicyclic) bond motifs is 1. The third-order valence-electron chi connectivity index (χ3n) is 3.10. The first-order valence-electron chi connectivity index (χ1n) is 6.01. The summed E-state index contributed by atoms with van der Waals surface area (Å²) in [6, 6.07) is 6.85. The lowest BCUT2D eigenvalue weighted by Crippen LogP contribution is -2.06. The highest BCUT2D eigenvalue weighted by molar-refractivity contribution is 7.71. The molecule has 0 aliphatic rings. The summed E-state index contributed by atoms with van der Waals surface area (Å²) in [5.41, 5.74) is 2.47. The van der Waals surface area contributed by atoms with E-state index in [2.05, 4.69) is 4.98 Å². The van der Waals surface area contributed by atoms with Crippen molar-refractivity contribution < 1.29 is 4.39 Å². The van der Waals surface area contributed by atoms with E-state index >= 15 is 0 Å². The Bertz CT molecular complexity index is 882. The van der Waals surface area contributed by atoms with E-state index in [1.54, 1.807) is 16.8 Å². The Labute approximate surface area is 125 Å². The molecular weight excluding hydrogens is 297 g/mol. The number of hydrogen-bond donors (Lipinski definition) is 0. The fourth-order valence-corrected chi connectivity index (χ4v) is 2.55. The Morgan fingerprint density at radius 3 is 2.70 bits per heavy atom. The van der Waals surface area contributed by atoms with E-state index in [1.807, 2.05) is 26.0 Å². The minimum atomic E-state index is -0.424. The number of rotatable bonds is 1. The van der Waals surface area contributed by atoms with Crippen LogP contribution in [0.15, 0.2) is 30.5 Å². The van der Waals surface area contributed by atoms with Crippen LogP contribution in [0.5, 0.6) is 0 Å². The summed E-state index contributed by atoms with van der Waals surface area (Å²) in [7, 11) is 0. The molecule has 0 amide bonds. The molecule has 0 unspecified atom stereocenters. The predicted octanol–water partition coefficient (Wildman–Crippen LogP) is 4.26. The first-order valence-corrected chi connectivity index (χ1v) is 6.80. The van der Waals surface area contributed by atoms with Crippen LogP contribution in [0.1, 0.15) is 11.3 Å². The van der Waals surface area contributed by atoms with Gasteiger partial charge >= 0.3 is 0 Å². The Hall–Kier alpha value is -1.72. The molecule has 2 heterocycles. The molecular formula is C14H11ClFN3S. The average molecular weight is 308 g/mol. The highest BCUT2D eigenvalue weighted by atomic mass is 35.5. The minimum absolute atomic E-state index is 0.363. The molecule has 20 heavy (non-hydrogen) atoms. The summed E-state index contributed by atoms with van der Waals surface area (Å²) in [5.74, 6) is 0.0294. The maximum Gasteiger partial charge on any atom is 0.222 e. The van der Waals surface area contributed by atoms with Crippen molar-refractivity contribution in [1.82, 2.24) is 14.0 Å². The summed E-state index contributed by atoms with van der Waals surface area (Å²) in [4.78, 5) is 4.35. The van der Waals surface area contributed by atoms with Gasteiger partial charge in [0.05, 0.1) is 11.4 Å². The Balaban J connectivity index is 2.40. The molecule has 0 bridgehead atoms. The number of aryl methyl sites for hydroxylation is 2. The van der Waals surface area contributed by atoms with Crippen LogP contribution in [-0.4, -0.2) is 14.0 Å². The molecule has 0 saturated heterocycles. The van der Waals surface area contributed by atoms with Crippen molar-refractivity contribution in [2.24, 2.45) is 0 Å². The molecule has 102 valence electrons. The standard InChI is InChI=1S/C14H11ClFN3S/c1-8-5-10(3-4-11(8)15)19-13(20)6-12(16)18-7-9(2)17-14(18)19/h3-7H,1-2H3. The zero-order chi connectivity index (χ0) is 14.4. The third kappa shape index (κ3) is 2.03. The van der Waals surface area contributed by atoms with Gasteiger partial charge in [0.1, 0.15) is 4.64 Å². The van der Waals surface area contributed by atoms with Crippen molar-refractivity contribution in [3.8, 4) is 5.69 Å². The van der Waals surface area contributed by atoms with Crippen LogP contribution in [0.25, 0.3) is 11.5 Å². The average Bonchev–Trinajstić information content (AvgIpc) is 2.75. The Morgan fingerprint density at radius 1 is 1.25 bits per heavy atom. The lowest BCUT2D eigenvalue weighted by molar-refractivity contribution is 0.559. The number of halogens is 2. The SMILES string of the molecule is Cc1cn2c(F)cc(=S)n(-c3ccc(Cl)c(C)c3)c2n1. The van der Waals surface area contributed by atoms with Gasteiger partial charge in [0.15, 0.2) is 0 Å². The van der Waals surface area contributed by atoms with Gasteiger partial charge in [-0.2, -0.15) is 4.39 Å². The summed E-state index contributed by atoms with van der Waals surface area (Å²) in [5, 5.41) is 0.679. The van der Waals surface area contributed by atoms with Crippen LogP contribution < -0.4 is 0 Å². The number of aromatic nitrogens is 3. The van der Waals surface area contributed by atoms with Crippen molar-refractivity contribution >= 4 is 29.6 Å². The number of nitrogens with zero attached hydrogens (tertiary/aromatic N) is 3. The van der Waals surface area contributed by atoms with Crippen LogP contribution in [0, 0.1) is 24.4 Å². The van der Waals surface area contributed by atoms with E-state index in [4.69, 9.17) is 23.8 Å². The quantitative estimate of drug-likeness (QED) is 0.495. The largest absolute Gasteiger partial charge is 0.270 e. The second-order valence-electron chi connectivity index (χ2n) is 4.63. The molecule has 1 aromatic carbocycles. The second kappa shape index (κ2) is 4.68. The van der Waals surface area contributed by atoms with Crippen molar-refractivity contribution in [3.05, 3.63) is 57.3 Å². The van der Waals surface area contributed by atoms with Crippen molar-refractivity contribution in [1.29, 1.82) is 0 Å². The van der Waals surface area contributed by atoms with Gasteiger partial charge in [-0.1, -0.05) is 23.8 Å². The van der Waals surface area contributed by atoms with E-state index < -0.39 is 5.95 Å². The molecule has 0 saturated carbocycles. The number of benzene rings is 1. The normalized spacial score (nSPS) is 11.2. The highest BCUT2D eigenvalue weighted by Crippen LogP contribution is 2.21. The molecule has 2 aromatic heterocycles. The molecule has 0 N–H and O–H groups in total. The molecule has 0 aliphatic heterocycles. The maximum absolute atomic E-state index is 13.9. The highest BCUT2D eigenvalue weighted by Gasteiger charge is 2.11. The van der Waals surface area contributed by atoms with Crippen LogP contribution in [0.3, 0.4) is 0 Å². The van der Waals surface area contributed by atoms with Gasteiger partial charge in [-0.25, -0.2) is 4.98 Å². The maximum atomic E-state index is 13.9. The molecule has 0 aliphatic carbocycles. The van der Waals surface area contributed by atoms with E-state index in [9.17, 15) is 4.39 Å². The fraction of sp³-hybridized carbons (Fsp3) is 0.143. The van der Waals surface area contributed by atoms with Gasteiger partial charge in [0.2, 0.25) is 11.7 Å². The van der Waals surface area contributed by atoms with E-state index in [1.165, 1.54) is 10.5 Å².